The summed E-state index contributed by atoms with van der Waals surface area (Å²) >= 11 is 0. The molecule has 1 aromatic heterocycles. The number of hydrogen-bond donors (Lipinski definition) is 3. The zero-order valence-corrected chi connectivity index (χ0v) is 24.4. The number of aromatic carboxylic acids is 1. The highest BCUT2D eigenvalue weighted by molar-refractivity contribution is 5.91. The van der Waals surface area contributed by atoms with Crippen molar-refractivity contribution >= 4 is 40.3 Å². The summed E-state index contributed by atoms with van der Waals surface area (Å²) in [7, 11) is 0. The maximum absolute atomic E-state index is 13.5. The summed E-state index contributed by atoms with van der Waals surface area (Å²) in [6, 6.07) is 13.4. The number of anilines is 1. The Bertz CT molecular complexity index is 1760. The molecule has 3 aromatic rings. The smallest absolute Gasteiger partial charge is 0.452 e. The topological polar surface area (TPSA) is 141 Å². The second-order valence-corrected chi connectivity index (χ2v) is 12.1. The fraction of sp³-hybridized carbons (Fsp3) is 0.303. The SMILES string of the molecule is CCC1=c2c([nH]c3ccccc23)=CC(C)(C)C1=CC1(NN(C(=O)OC(C)(C)C)c2ccc(C(=O)O)cc2)C([O-])=[C+][C+]1[O-]. The first kappa shape index (κ1) is 29.0. The van der Waals surface area contributed by atoms with Gasteiger partial charge in [-0.05, 0) is 74.7 Å². The molecule has 2 aliphatic carbocycles. The number of carboxylic acids is 1. The van der Waals surface area contributed by atoms with Crippen molar-refractivity contribution in [2.75, 3.05) is 5.01 Å². The van der Waals surface area contributed by atoms with E-state index in [1.165, 1.54) is 24.3 Å². The second-order valence-electron chi connectivity index (χ2n) is 12.1. The zero-order valence-electron chi connectivity index (χ0n) is 24.4. The zero-order chi connectivity index (χ0) is 30.6. The highest BCUT2D eigenvalue weighted by Gasteiger charge is 2.66. The molecule has 5 rings (SSSR count). The van der Waals surface area contributed by atoms with E-state index in [9.17, 15) is 24.9 Å². The third kappa shape index (κ3) is 4.92. The van der Waals surface area contributed by atoms with E-state index in [1.807, 2.05) is 45.0 Å². The number of allylic oxidation sites excluding steroid dienone is 1. The van der Waals surface area contributed by atoms with Gasteiger partial charge in [0, 0.05) is 26.9 Å². The first-order valence-electron chi connectivity index (χ1n) is 13.7. The highest BCUT2D eigenvalue weighted by atomic mass is 16.6. The number of nitrogens with zero attached hydrogens (tertiary/aromatic N) is 1. The van der Waals surface area contributed by atoms with Crippen LogP contribution in [0.1, 0.15) is 58.3 Å². The van der Waals surface area contributed by atoms with Gasteiger partial charge in [-0.25, -0.2) is 14.6 Å². The Morgan fingerprint density at radius 2 is 1.83 bits per heavy atom. The fourth-order valence-electron chi connectivity index (χ4n) is 5.47. The van der Waals surface area contributed by atoms with Crippen molar-refractivity contribution in [3.8, 4) is 0 Å². The Labute approximate surface area is 244 Å². The number of nitrogens with one attached hydrogen (secondary N) is 2. The van der Waals surface area contributed by atoms with E-state index in [2.05, 4.69) is 22.6 Å². The van der Waals surface area contributed by atoms with E-state index >= 15 is 0 Å². The third-order valence-electron chi connectivity index (χ3n) is 7.46. The predicted molar refractivity (Wildman–Crippen MR) is 156 cm³/mol. The average Bonchev–Trinajstić information content (AvgIpc) is 3.27. The number of fused-ring (bicyclic) bond motifs is 3. The summed E-state index contributed by atoms with van der Waals surface area (Å²) < 4.78 is 5.60. The first-order chi connectivity index (χ1) is 19.7. The van der Waals surface area contributed by atoms with Gasteiger partial charge < -0.3 is 25.0 Å². The highest BCUT2D eigenvalue weighted by Crippen LogP contribution is 2.43. The number of carbonyl (C=O) groups is 2. The molecule has 1 atom stereocenters. The molecule has 2 aromatic carbocycles. The molecule has 0 radical (unpaired) electrons. The number of rotatable bonds is 6. The summed E-state index contributed by atoms with van der Waals surface area (Å²) in [4.78, 5) is 28.4. The standard InChI is InChI=1S/C33H33N3O6/c1-7-21-23(32(5,6)18-25-28(21)22-10-8-9-11-24(22)34-25)17-33(26(37)16-27(33)38)35-36(30(41)42-31(2,3)4)20-14-12-19(13-15-20)29(39)40/h8-15,17-18,34-35H,7H2,1-6H3,(H-,37,39,40). The lowest BCUT2D eigenvalue weighted by atomic mass is 9.70. The maximum atomic E-state index is 13.5. The van der Waals surface area contributed by atoms with Crippen LogP contribution < -0.4 is 31.2 Å². The van der Waals surface area contributed by atoms with Crippen LogP contribution in [0.5, 0.6) is 0 Å². The fourth-order valence-corrected chi connectivity index (χ4v) is 5.47. The summed E-state index contributed by atoms with van der Waals surface area (Å²) in [6.07, 6.45) is 5.10. The van der Waals surface area contributed by atoms with E-state index in [4.69, 9.17) is 4.74 Å². The maximum Gasteiger partial charge on any atom is 0.452 e. The van der Waals surface area contributed by atoms with Crippen molar-refractivity contribution in [1.82, 2.24) is 10.4 Å². The molecule has 2 aliphatic rings. The van der Waals surface area contributed by atoms with Crippen LogP contribution in [0.2, 0.25) is 0 Å². The van der Waals surface area contributed by atoms with E-state index in [-0.39, 0.29) is 11.3 Å². The first-order valence-corrected chi connectivity index (χ1v) is 13.7. The third-order valence-corrected chi connectivity index (χ3v) is 7.46. The Balaban J connectivity index is 1.69. The minimum Gasteiger partial charge on any atom is -0.743 e. The molecule has 0 bridgehead atoms. The average molecular weight is 568 g/mol. The van der Waals surface area contributed by atoms with Gasteiger partial charge in [-0.15, -0.1) is 0 Å². The van der Waals surface area contributed by atoms with Crippen LogP contribution in [0.15, 0.2) is 65.9 Å². The summed E-state index contributed by atoms with van der Waals surface area (Å²) in [5, 5.41) is 40.0. The minimum atomic E-state index is -1.94. The Morgan fingerprint density at radius 3 is 2.40 bits per heavy atom. The second kappa shape index (κ2) is 10.1. The van der Waals surface area contributed by atoms with Gasteiger partial charge in [0.15, 0.2) is 0 Å². The molecule has 1 amide bonds. The molecule has 0 saturated carbocycles. The van der Waals surface area contributed by atoms with Crippen LogP contribution in [0, 0.1) is 17.6 Å². The quantitative estimate of drug-likeness (QED) is 0.307. The van der Waals surface area contributed by atoms with Crippen molar-refractivity contribution in [2.45, 2.75) is 59.1 Å². The van der Waals surface area contributed by atoms with Gasteiger partial charge in [0.05, 0.1) is 11.3 Å². The van der Waals surface area contributed by atoms with Gasteiger partial charge in [0.1, 0.15) is 5.60 Å². The predicted octanol–water partition coefficient (Wildman–Crippen LogP) is 2.81. The molecule has 0 saturated heterocycles. The lowest BCUT2D eigenvalue weighted by Gasteiger charge is -2.38. The van der Waals surface area contributed by atoms with Crippen molar-refractivity contribution in [2.24, 2.45) is 5.41 Å². The number of H-pyrrole nitrogens is 1. The van der Waals surface area contributed by atoms with E-state index in [0.717, 1.165) is 37.6 Å². The van der Waals surface area contributed by atoms with Crippen molar-refractivity contribution in [3.63, 3.8) is 0 Å². The number of para-hydroxylation sites is 1. The molecular formula is C33H33N3O6. The van der Waals surface area contributed by atoms with Crippen molar-refractivity contribution < 1.29 is 29.6 Å². The van der Waals surface area contributed by atoms with Crippen LogP contribution in [-0.2, 0) is 4.74 Å². The number of carboxylic acid groups (broad SMARTS) is 1. The lowest BCUT2D eigenvalue weighted by Crippen LogP contribution is -2.68. The number of amides is 1. The van der Waals surface area contributed by atoms with Crippen LogP contribution >= 0.6 is 0 Å². The van der Waals surface area contributed by atoms with Crippen LogP contribution in [0.25, 0.3) is 22.6 Å². The number of aromatic nitrogens is 1. The van der Waals surface area contributed by atoms with Crippen molar-refractivity contribution in [1.29, 1.82) is 0 Å². The number of hydrazine groups is 1. The van der Waals surface area contributed by atoms with E-state index in [1.54, 1.807) is 26.8 Å². The molecule has 0 aliphatic heterocycles. The molecule has 1 heterocycles. The molecule has 0 spiro atoms. The number of ether oxygens (including phenoxy) is 1. The lowest BCUT2D eigenvalue weighted by molar-refractivity contribution is -0.397. The number of hydrogen-bond acceptors (Lipinski definition) is 6. The van der Waals surface area contributed by atoms with Gasteiger partial charge in [-0.3, -0.25) is 0 Å². The van der Waals surface area contributed by atoms with Crippen LogP contribution in [0.4, 0.5) is 10.5 Å². The van der Waals surface area contributed by atoms with Gasteiger partial charge in [-0.2, -0.15) is 5.43 Å². The van der Waals surface area contributed by atoms with Crippen LogP contribution in [-0.4, -0.2) is 33.3 Å². The molecule has 0 fully saturated rings. The van der Waals surface area contributed by atoms with Gasteiger partial charge >= 0.3 is 35.5 Å². The Hall–Kier alpha value is -4.56. The van der Waals surface area contributed by atoms with E-state index < -0.39 is 40.5 Å². The molecule has 216 valence electrons. The minimum absolute atomic E-state index is 0.00777. The van der Waals surface area contributed by atoms with Gasteiger partial charge in [-0.1, -0.05) is 45.0 Å². The molecule has 1 unspecified atom stereocenters. The molecule has 9 heteroatoms. The molecule has 3 N–H and O–H groups in total. The van der Waals surface area contributed by atoms with Gasteiger partial charge in [0.2, 0.25) is 0 Å². The summed E-state index contributed by atoms with van der Waals surface area (Å²) in [5.74, 6) is -1.77. The van der Waals surface area contributed by atoms with E-state index in [0.29, 0.717) is 6.42 Å². The summed E-state index contributed by atoms with van der Waals surface area (Å²) in [5.41, 5.74) is 2.36. The molecule has 42 heavy (non-hydrogen) atoms. The van der Waals surface area contributed by atoms with Crippen molar-refractivity contribution in [3.05, 3.63) is 94.3 Å². The Kier molecular flexibility index (Phi) is 6.94. The monoisotopic (exact) mass is 567 g/mol. The van der Waals surface area contributed by atoms with Crippen LogP contribution in [0.3, 0.4) is 0 Å². The summed E-state index contributed by atoms with van der Waals surface area (Å²) in [6.45, 7) is 11.1. The number of benzene rings is 2. The normalized spacial score (nSPS) is 20.3. The largest absolute Gasteiger partial charge is 0.743 e. The molecule has 9 nitrogen and oxygen atoms in total. The Morgan fingerprint density at radius 1 is 1.17 bits per heavy atom. The molecular weight excluding hydrogens is 534 g/mol. The number of aromatic amines is 1. The number of carbonyl (C=O) groups excluding carboxylic acids is 1. The van der Waals surface area contributed by atoms with Gasteiger partial charge in [0.25, 0.3) is 0 Å².